The van der Waals surface area contributed by atoms with Crippen LogP contribution in [-0.2, 0) is 14.3 Å². The molecule has 1 heterocycles. The van der Waals surface area contributed by atoms with Crippen LogP contribution in [0.1, 0.15) is 24.2 Å². The molecule has 2 aromatic carbocycles. The fourth-order valence-electron chi connectivity index (χ4n) is 3.00. The molecule has 2 aromatic rings. The fraction of sp³-hybridized carbons (Fsp3) is 0.250. The molecule has 1 aliphatic heterocycles. The van der Waals surface area contributed by atoms with Crippen molar-refractivity contribution in [2.45, 2.75) is 19.9 Å². The summed E-state index contributed by atoms with van der Waals surface area (Å²) in [7, 11) is 0. The first-order chi connectivity index (χ1) is 13.4. The monoisotopic (exact) mass is 384 g/mol. The van der Waals surface area contributed by atoms with Gasteiger partial charge in [0.05, 0.1) is 23.9 Å². The molecule has 0 fully saturated rings. The summed E-state index contributed by atoms with van der Waals surface area (Å²) in [6, 6.07) is 9.14. The smallest absolute Gasteiger partial charge is 0.342 e. The molecule has 0 unspecified atom stereocenters. The van der Waals surface area contributed by atoms with Crippen LogP contribution in [0.25, 0.3) is 10.8 Å². The molecular weight excluding hydrogens is 364 g/mol. The maximum Gasteiger partial charge on any atom is 0.342 e. The third-order valence-corrected chi connectivity index (χ3v) is 4.30. The van der Waals surface area contributed by atoms with Gasteiger partial charge in [0.2, 0.25) is 0 Å². The van der Waals surface area contributed by atoms with Crippen molar-refractivity contribution in [3.05, 3.63) is 53.2 Å². The lowest BCUT2D eigenvalue weighted by Gasteiger charge is -2.26. The summed E-state index contributed by atoms with van der Waals surface area (Å²) in [5, 5.41) is 16.7. The first kappa shape index (κ1) is 19.2. The lowest BCUT2D eigenvalue weighted by atomic mass is 10.0. The molecule has 2 amide bonds. The number of nitrogens with one attached hydrogen (secondary N) is 2. The topological polar surface area (TPSA) is 114 Å². The number of hydrogen-bond acceptors (Lipinski definition) is 6. The van der Waals surface area contributed by atoms with E-state index in [2.05, 4.69) is 10.6 Å². The first-order valence-electron chi connectivity index (χ1n) is 8.77. The summed E-state index contributed by atoms with van der Waals surface area (Å²) < 4.78 is 10.3. The van der Waals surface area contributed by atoms with Gasteiger partial charge in [-0.15, -0.1) is 0 Å². The minimum Gasteiger partial charge on any atom is -0.507 e. The largest absolute Gasteiger partial charge is 0.507 e. The van der Waals surface area contributed by atoms with Crippen LogP contribution in [0.2, 0.25) is 0 Å². The maximum atomic E-state index is 12.5. The van der Waals surface area contributed by atoms with Crippen molar-refractivity contribution in [3.8, 4) is 5.75 Å². The van der Waals surface area contributed by atoms with E-state index >= 15 is 0 Å². The second kappa shape index (κ2) is 7.99. The second-order valence-electron chi connectivity index (χ2n) is 6.23. The van der Waals surface area contributed by atoms with Crippen molar-refractivity contribution in [2.75, 3.05) is 13.2 Å². The zero-order chi connectivity index (χ0) is 20.3. The number of fused-ring (bicyclic) bond motifs is 1. The van der Waals surface area contributed by atoms with E-state index in [4.69, 9.17) is 9.47 Å². The van der Waals surface area contributed by atoms with Gasteiger partial charge in [0.1, 0.15) is 17.9 Å². The molecule has 0 saturated carbocycles. The number of amides is 2. The average Bonchev–Trinajstić information content (AvgIpc) is 2.65. The van der Waals surface area contributed by atoms with Crippen molar-refractivity contribution in [3.63, 3.8) is 0 Å². The predicted octanol–water partition coefficient (Wildman–Crippen LogP) is 2.22. The Labute approximate surface area is 161 Å². The number of aromatic hydroxyl groups is 1. The highest BCUT2D eigenvalue weighted by atomic mass is 16.5. The van der Waals surface area contributed by atoms with Gasteiger partial charge in [0, 0.05) is 0 Å². The van der Waals surface area contributed by atoms with Gasteiger partial charge in [-0.2, -0.15) is 0 Å². The fourth-order valence-corrected chi connectivity index (χ4v) is 3.00. The van der Waals surface area contributed by atoms with Gasteiger partial charge in [0.15, 0.2) is 0 Å². The Morgan fingerprint density at radius 1 is 1.11 bits per heavy atom. The van der Waals surface area contributed by atoms with Gasteiger partial charge >= 0.3 is 18.0 Å². The Morgan fingerprint density at radius 2 is 1.79 bits per heavy atom. The number of benzene rings is 2. The van der Waals surface area contributed by atoms with Gasteiger partial charge < -0.3 is 25.2 Å². The number of hydrogen-bond donors (Lipinski definition) is 3. The number of ether oxygens (including phenoxy) is 2. The molecule has 0 saturated heterocycles. The van der Waals surface area contributed by atoms with Crippen LogP contribution in [0.4, 0.5) is 4.79 Å². The average molecular weight is 384 g/mol. The summed E-state index contributed by atoms with van der Waals surface area (Å²) in [5.74, 6) is -1.60. The molecule has 0 aromatic heterocycles. The van der Waals surface area contributed by atoms with E-state index in [1.54, 1.807) is 13.8 Å². The minimum absolute atomic E-state index is 0.00899. The van der Waals surface area contributed by atoms with Crippen LogP contribution in [0.15, 0.2) is 47.7 Å². The first-order valence-corrected chi connectivity index (χ1v) is 8.77. The highest BCUT2D eigenvalue weighted by Gasteiger charge is 2.30. The Morgan fingerprint density at radius 3 is 2.46 bits per heavy atom. The Kier molecular flexibility index (Phi) is 5.49. The number of phenolic OH excluding ortho intramolecular Hbond substituents is 1. The van der Waals surface area contributed by atoms with Gasteiger partial charge in [-0.25, -0.2) is 14.4 Å². The van der Waals surface area contributed by atoms with Crippen LogP contribution in [0.3, 0.4) is 0 Å². The maximum absolute atomic E-state index is 12.5. The zero-order valence-electron chi connectivity index (χ0n) is 15.4. The quantitative estimate of drug-likeness (QED) is 0.681. The van der Waals surface area contributed by atoms with Crippen LogP contribution in [-0.4, -0.2) is 42.3 Å². The zero-order valence-corrected chi connectivity index (χ0v) is 15.4. The van der Waals surface area contributed by atoms with E-state index in [0.717, 1.165) is 10.8 Å². The molecule has 3 N–H and O–H groups in total. The van der Waals surface area contributed by atoms with Crippen molar-refractivity contribution in [1.82, 2.24) is 10.6 Å². The van der Waals surface area contributed by atoms with Crippen LogP contribution < -0.4 is 10.6 Å². The van der Waals surface area contributed by atoms with E-state index in [0.29, 0.717) is 0 Å². The number of carbonyl (C=O) groups excluding carboxylic acids is 3. The van der Waals surface area contributed by atoms with Crippen LogP contribution in [0.5, 0.6) is 5.75 Å². The number of phenols is 1. The van der Waals surface area contributed by atoms with Crippen molar-refractivity contribution < 1.29 is 29.0 Å². The summed E-state index contributed by atoms with van der Waals surface area (Å²) in [5.41, 5.74) is 0.311. The molecule has 0 radical (unpaired) electrons. The standard InChI is InChI=1S/C20H20N2O6/c1-3-27-19(25)17-11(2)21-20(26)22-15(17)10-28-18(24)14-8-12-6-4-5-7-13(12)9-16(14)23/h4-9,11,23H,3,10H2,1-2H3,(H2,21,22,26)/t11-/m1/s1. The highest BCUT2D eigenvalue weighted by Crippen LogP contribution is 2.26. The lowest BCUT2D eigenvalue weighted by molar-refractivity contribution is -0.139. The third-order valence-electron chi connectivity index (χ3n) is 4.30. The Bertz CT molecular complexity index is 982. The molecule has 3 rings (SSSR count). The molecule has 0 bridgehead atoms. The molecule has 8 heteroatoms. The minimum atomic E-state index is -0.778. The molecule has 8 nitrogen and oxygen atoms in total. The molecule has 28 heavy (non-hydrogen) atoms. The van der Waals surface area contributed by atoms with Gasteiger partial charge in [0.25, 0.3) is 0 Å². The molecular formula is C20H20N2O6. The summed E-state index contributed by atoms with van der Waals surface area (Å²) in [6.45, 7) is 3.11. The van der Waals surface area contributed by atoms with E-state index in [1.165, 1.54) is 12.1 Å². The Hall–Kier alpha value is -3.55. The second-order valence-corrected chi connectivity index (χ2v) is 6.23. The van der Waals surface area contributed by atoms with E-state index in [1.807, 2.05) is 24.3 Å². The van der Waals surface area contributed by atoms with Crippen molar-refractivity contribution >= 4 is 28.7 Å². The van der Waals surface area contributed by atoms with Gasteiger partial charge in [-0.3, -0.25) is 0 Å². The highest BCUT2D eigenvalue weighted by molar-refractivity contribution is 5.99. The number of rotatable bonds is 5. The SMILES string of the molecule is CCOC(=O)C1=C(COC(=O)c2cc3ccccc3cc2O)NC(=O)N[C@@H]1C. The van der Waals surface area contributed by atoms with E-state index in [9.17, 15) is 19.5 Å². The number of urea groups is 1. The van der Waals surface area contributed by atoms with Crippen molar-refractivity contribution in [1.29, 1.82) is 0 Å². The summed E-state index contributed by atoms with van der Waals surface area (Å²) in [4.78, 5) is 36.4. The predicted molar refractivity (Wildman–Crippen MR) is 101 cm³/mol. The molecule has 1 atom stereocenters. The van der Waals surface area contributed by atoms with Gasteiger partial charge in [-0.1, -0.05) is 24.3 Å². The third kappa shape index (κ3) is 3.90. The molecule has 146 valence electrons. The lowest BCUT2D eigenvalue weighted by Crippen LogP contribution is -2.50. The molecule has 0 aliphatic carbocycles. The van der Waals surface area contributed by atoms with Gasteiger partial charge in [-0.05, 0) is 36.8 Å². The van der Waals surface area contributed by atoms with Crippen LogP contribution in [0, 0.1) is 0 Å². The number of carbonyl (C=O) groups is 3. The van der Waals surface area contributed by atoms with Crippen LogP contribution >= 0.6 is 0 Å². The normalized spacial score (nSPS) is 16.4. The Balaban J connectivity index is 1.83. The van der Waals surface area contributed by atoms with Crippen molar-refractivity contribution in [2.24, 2.45) is 0 Å². The summed E-state index contributed by atoms with van der Waals surface area (Å²) >= 11 is 0. The van der Waals surface area contributed by atoms with E-state index in [-0.39, 0.29) is 35.8 Å². The molecule has 1 aliphatic rings. The molecule has 0 spiro atoms. The number of esters is 2. The summed E-state index contributed by atoms with van der Waals surface area (Å²) in [6.07, 6.45) is 0. The van der Waals surface area contributed by atoms with E-state index < -0.39 is 24.0 Å².